The Kier molecular flexibility index (Phi) is 3.76. The average Bonchev–Trinajstić information content (AvgIpc) is 2.48. The van der Waals surface area contributed by atoms with E-state index in [-0.39, 0.29) is 16.7 Å². The molecule has 2 aromatic carbocycles. The molecule has 118 valence electrons. The van der Waals surface area contributed by atoms with Crippen molar-refractivity contribution in [2.24, 2.45) is 0 Å². The molecule has 0 radical (unpaired) electrons. The van der Waals surface area contributed by atoms with Crippen molar-refractivity contribution in [3.05, 3.63) is 56.8 Å². The van der Waals surface area contributed by atoms with Gasteiger partial charge in [-0.2, -0.15) is 0 Å². The second kappa shape index (κ2) is 5.49. The Morgan fingerprint density at radius 3 is 2.57 bits per heavy atom. The van der Waals surface area contributed by atoms with Gasteiger partial charge in [-0.05, 0) is 51.2 Å². The molecule has 23 heavy (non-hydrogen) atoms. The van der Waals surface area contributed by atoms with Crippen molar-refractivity contribution in [3.8, 4) is 17.1 Å². The van der Waals surface area contributed by atoms with Crippen LogP contribution in [-0.4, -0.2) is 15.1 Å². The van der Waals surface area contributed by atoms with Crippen LogP contribution in [0.2, 0.25) is 0 Å². The highest BCUT2D eigenvalue weighted by Crippen LogP contribution is 2.38. The standard InChI is InChI=1S/C18H17BrN2O2/c1-18(2,3)10-8-12(15(22)13(19)9-10)16-20-14-7-5-4-6-11(14)17(23)21-16/h4-9,22H,1-3H3,(H,20,21,23). The minimum atomic E-state index is -0.220. The number of aromatic amines is 1. The smallest absolute Gasteiger partial charge is 0.259 e. The van der Waals surface area contributed by atoms with Gasteiger partial charge < -0.3 is 10.1 Å². The second-order valence-corrected chi connectivity index (χ2v) is 7.39. The molecule has 0 saturated carbocycles. The molecule has 0 amide bonds. The van der Waals surface area contributed by atoms with Gasteiger partial charge in [-0.3, -0.25) is 4.79 Å². The van der Waals surface area contributed by atoms with E-state index in [1.165, 1.54) is 0 Å². The zero-order valence-electron chi connectivity index (χ0n) is 13.1. The summed E-state index contributed by atoms with van der Waals surface area (Å²) in [6.45, 7) is 6.27. The van der Waals surface area contributed by atoms with Crippen LogP contribution in [0.15, 0.2) is 45.7 Å². The monoisotopic (exact) mass is 372 g/mol. The van der Waals surface area contributed by atoms with Crippen LogP contribution in [0, 0.1) is 0 Å². The third kappa shape index (κ3) is 2.88. The number of hydrogen-bond donors (Lipinski definition) is 2. The number of phenols is 1. The summed E-state index contributed by atoms with van der Waals surface area (Å²) in [5.74, 6) is 0.425. The molecule has 0 spiro atoms. The van der Waals surface area contributed by atoms with E-state index in [9.17, 15) is 9.90 Å². The summed E-state index contributed by atoms with van der Waals surface area (Å²) in [4.78, 5) is 19.5. The fraction of sp³-hybridized carbons (Fsp3) is 0.222. The van der Waals surface area contributed by atoms with Crippen LogP contribution in [-0.2, 0) is 5.41 Å². The minimum absolute atomic E-state index is 0.0661. The first-order chi connectivity index (χ1) is 10.8. The molecule has 0 fully saturated rings. The molecule has 1 aromatic heterocycles. The number of H-pyrrole nitrogens is 1. The number of aromatic hydroxyl groups is 1. The summed E-state index contributed by atoms with van der Waals surface area (Å²) in [7, 11) is 0. The second-order valence-electron chi connectivity index (χ2n) is 6.54. The molecule has 3 aromatic rings. The predicted octanol–water partition coefficient (Wildman–Crippen LogP) is 4.36. The van der Waals surface area contributed by atoms with E-state index in [4.69, 9.17) is 0 Å². The lowest BCUT2D eigenvalue weighted by atomic mass is 9.86. The van der Waals surface area contributed by atoms with Crippen LogP contribution in [0.3, 0.4) is 0 Å². The summed E-state index contributed by atoms with van der Waals surface area (Å²) in [6.07, 6.45) is 0. The predicted molar refractivity (Wildman–Crippen MR) is 95.9 cm³/mol. The van der Waals surface area contributed by atoms with Gasteiger partial charge in [0.2, 0.25) is 0 Å². The van der Waals surface area contributed by atoms with Crippen molar-refractivity contribution in [1.82, 2.24) is 9.97 Å². The molecule has 0 aliphatic carbocycles. The van der Waals surface area contributed by atoms with Crippen LogP contribution in [0.25, 0.3) is 22.3 Å². The van der Waals surface area contributed by atoms with Crippen LogP contribution >= 0.6 is 15.9 Å². The number of rotatable bonds is 1. The van der Waals surface area contributed by atoms with E-state index in [0.717, 1.165) is 5.56 Å². The maximum absolute atomic E-state index is 12.3. The van der Waals surface area contributed by atoms with Gasteiger partial charge in [-0.25, -0.2) is 4.98 Å². The molecule has 0 unspecified atom stereocenters. The molecule has 0 bridgehead atoms. The zero-order valence-corrected chi connectivity index (χ0v) is 14.7. The van der Waals surface area contributed by atoms with Crippen LogP contribution in [0.5, 0.6) is 5.75 Å². The zero-order chi connectivity index (χ0) is 16.8. The Labute approximate surface area is 142 Å². The van der Waals surface area contributed by atoms with Crippen molar-refractivity contribution in [2.75, 3.05) is 0 Å². The molecule has 0 aliphatic rings. The number of phenolic OH excluding ortho intramolecular Hbond substituents is 1. The van der Waals surface area contributed by atoms with Gasteiger partial charge in [0, 0.05) is 0 Å². The lowest BCUT2D eigenvalue weighted by Gasteiger charge is -2.21. The Morgan fingerprint density at radius 2 is 1.87 bits per heavy atom. The van der Waals surface area contributed by atoms with E-state index in [2.05, 4.69) is 46.7 Å². The molecule has 2 N–H and O–H groups in total. The van der Waals surface area contributed by atoms with Crippen molar-refractivity contribution >= 4 is 26.8 Å². The van der Waals surface area contributed by atoms with Crippen LogP contribution < -0.4 is 5.56 Å². The van der Waals surface area contributed by atoms with Gasteiger partial charge in [0.25, 0.3) is 5.56 Å². The maximum atomic E-state index is 12.3. The molecule has 0 aliphatic heterocycles. The minimum Gasteiger partial charge on any atom is -0.506 e. The molecular weight excluding hydrogens is 356 g/mol. The largest absolute Gasteiger partial charge is 0.506 e. The molecule has 5 heteroatoms. The van der Waals surface area contributed by atoms with E-state index < -0.39 is 0 Å². The number of para-hydroxylation sites is 1. The lowest BCUT2D eigenvalue weighted by Crippen LogP contribution is -2.13. The molecule has 3 rings (SSSR count). The van der Waals surface area contributed by atoms with Crippen molar-refractivity contribution in [1.29, 1.82) is 0 Å². The summed E-state index contributed by atoms with van der Waals surface area (Å²) in [5.41, 5.74) is 1.83. The summed E-state index contributed by atoms with van der Waals surface area (Å²) >= 11 is 3.39. The number of benzene rings is 2. The molecular formula is C18H17BrN2O2. The van der Waals surface area contributed by atoms with Crippen molar-refractivity contribution < 1.29 is 5.11 Å². The molecule has 0 saturated heterocycles. The Bertz CT molecular complexity index is 955. The number of nitrogens with zero attached hydrogens (tertiary/aromatic N) is 1. The summed E-state index contributed by atoms with van der Waals surface area (Å²) < 4.78 is 0.579. The molecule has 4 nitrogen and oxygen atoms in total. The molecule has 0 atom stereocenters. The Balaban J connectivity index is 2.30. The average molecular weight is 373 g/mol. The van der Waals surface area contributed by atoms with Crippen molar-refractivity contribution in [2.45, 2.75) is 26.2 Å². The van der Waals surface area contributed by atoms with E-state index >= 15 is 0 Å². The van der Waals surface area contributed by atoms with Crippen molar-refractivity contribution in [3.63, 3.8) is 0 Å². The van der Waals surface area contributed by atoms with Gasteiger partial charge >= 0.3 is 0 Å². The highest BCUT2D eigenvalue weighted by atomic mass is 79.9. The number of aromatic nitrogens is 2. The first-order valence-electron chi connectivity index (χ1n) is 7.30. The number of halogens is 1. The van der Waals surface area contributed by atoms with Crippen LogP contribution in [0.1, 0.15) is 26.3 Å². The normalized spacial score (nSPS) is 11.8. The quantitative estimate of drug-likeness (QED) is 0.666. The maximum Gasteiger partial charge on any atom is 0.259 e. The Hall–Kier alpha value is -2.14. The lowest BCUT2D eigenvalue weighted by molar-refractivity contribution is 0.472. The fourth-order valence-corrected chi connectivity index (χ4v) is 2.89. The number of hydrogen-bond acceptors (Lipinski definition) is 3. The third-order valence-corrected chi connectivity index (χ3v) is 4.40. The van der Waals surface area contributed by atoms with E-state index in [0.29, 0.717) is 26.8 Å². The number of nitrogens with one attached hydrogen (secondary N) is 1. The topological polar surface area (TPSA) is 66.0 Å². The summed E-state index contributed by atoms with van der Waals surface area (Å²) in [6, 6.07) is 10.9. The fourth-order valence-electron chi connectivity index (χ4n) is 2.43. The van der Waals surface area contributed by atoms with Gasteiger partial charge in [0.05, 0.1) is 20.9 Å². The summed E-state index contributed by atoms with van der Waals surface area (Å²) in [5, 5.41) is 10.9. The Morgan fingerprint density at radius 1 is 1.17 bits per heavy atom. The van der Waals surface area contributed by atoms with E-state index in [1.54, 1.807) is 18.2 Å². The van der Waals surface area contributed by atoms with Gasteiger partial charge in [-0.1, -0.05) is 32.9 Å². The highest BCUT2D eigenvalue weighted by molar-refractivity contribution is 9.10. The van der Waals surface area contributed by atoms with Gasteiger partial charge in [-0.15, -0.1) is 0 Å². The van der Waals surface area contributed by atoms with Gasteiger partial charge in [0.15, 0.2) is 0 Å². The molecule has 1 heterocycles. The first kappa shape index (κ1) is 15.7. The highest BCUT2D eigenvalue weighted by Gasteiger charge is 2.20. The first-order valence-corrected chi connectivity index (χ1v) is 8.09. The van der Waals surface area contributed by atoms with Gasteiger partial charge in [0.1, 0.15) is 11.6 Å². The third-order valence-electron chi connectivity index (χ3n) is 3.80. The number of fused-ring (bicyclic) bond motifs is 1. The SMILES string of the molecule is CC(C)(C)c1cc(Br)c(O)c(-c2nc3ccccc3c(=O)[nH]2)c1. The van der Waals surface area contributed by atoms with E-state index in [1.807, 2.05) is 18.2 Å². The van der Waals surface area contributed by atoms with Crippen LogP contribution in [0.4, 0.5) is 0 Å².